The summed E-state index contributed by atoms with van der Waals surface area (Å²) in [6.07, 6.45) is 4.03. The standard InChI is InChI=1S/C29H30N2O2/c1-20-16-26(18-31-29(4,19-32)22(3)33)21(2)15-25(20)14-13-24-11-8-12-27(28(24)17-30)23-9-6-5-7-10-23/h5-16,31-32H,18-19H2,1-4H3/b14-13+/t29-/m0/s1. The first kappa shape index (κ1) is 24.1. The molecule has 4 nitrogen and oxygen atoms in total. The van der Waals surface area contributed by atoms with E-state index < -0.39 is 5.54 Å². The van der Waals surface area contributed by atoms with E-state index in [0.29, 0.717) is 12.1 Å². The number of aliphatic hydroxyl groups excluding tert-OH is 1. The van der Waals surface area contributed by atoms with Crippen LogP contribution in [0, 0.1) is 25.2 Å². The minimum absolute atomic E-state index is 0.0926. The van der Waals surface area contributed by atoms with E-state index in [2.05, 4.69) is 23.5 Å². The molecular weight excluding hydrogens is 408 g/mol. The smallest absolute Gasteiger partial charge is 0.151 e. The number of rotatable bonds is 8. The van der Waals surface area contributed by atoms with E-state index in [0.717, 1.165) is 38.9 Å². The molecule has 3 aromatic carbocycles. The molecule has 0 aliphatic rings. The van der Waals surface area contributed by atoms with Crippen molar-refractivity contribution < 1.29 is 9.90 Å². The Kier molecular flexibility index (Phi) is 7.60. The van der Waals surface area contributed by atoms with Gasteiger partial charge in [0.25, 0.3) is 0 Å². The maximum absolute atomic E-state index is 11.9. The fraction of sp³-hybridized carbons (Fsp3) is 0.241. The molecule has 3 rings (SSSR count). The highest BCUT2D eigenvalue weighted by Crippen LogP contribution is 2.27. The fourth-order valence-corrected chi connectivity index (χ4v) is 3.72. The largest absolute Gasteiger partial charge is 0.394 e. The van der Waals surface area contributed by atoms with Crippen molar-refractivity contribution >= 4 is 17.9 Å². The summed E-state index contributed by atoms with van der Waals surface area (Å²) in [5.74, 6) is -0.0926. The van der Waals surface area contributed by atoms with Crippen LogP contribution in [0.3, 0.4) is 0 Å². The predicted molar refractivity (Wildman–Crippen MR) is 134 cm³/mol. The third-order valence-corrected chi connectivity index (χ3v) is 6.22. The monoisotopic (exact) mass is 438 g/mol. The van der Waals surface area contributed by atoms with Crippen molar-refractivity contribution in [2.75, 3.05) is 6.61 Å². The van der Waals surface area contributed by atoms with Gasteiger partial charge in [-0.3, -0.25) is 10.1 Å². The lowest BCUT2D eigenvalue weighted by atomic mass is 9.94. The van der Waals surface area contributed by atoms with E-state index >= 15 is 0 Å². The van der Waals surface area contributed by atoms with Crippen molar-refractivity contribution in [1.29, 1.82) is 5.26 Å². The number of hydrogen-bond donors (Lipinski definition) is 2. The summed E-state index contributed by atoms with van der Waals surface area (Å²) in [6.45, 7) is 7.52. The van der Waals surface area contributed by atoms with E-state index in [1.54, 1.807) is 6.92 Å². The van der Waals surface area contributed by atoms with Gasteiger partial charge in [-0.05, 0) is 61.1 Å². The van der Waals surface area contributed by atoms with E-state index in [9.17, 15) is 15.2 Å². The first-order chi connectivity index (χ1) is 15.8. The van der Waals surface area contributed by atoms with Gasteiger partial charge in [0.05, 0.1) is 17.7 Å². The summed E-state index contributed by atoms with van der Waals surface area (Å²) in [6, 6.07) is 22.4. The number of nitrogens with zero attached hydrogens (tertiary/aromatic N) is 1. The molecule has 0 unspecified atom stereocenters. The molecule has 0 fully saturated rings. The third kappa shape index (κ3) is 5.46. The van der Waals surface area contributed by atoms with Gasteiger partial charge in [-0.2, -0.15) is 5.26 Å². The quantitative estimate of drug-likeness (QED) is 0.459. The van der Waals surface area contributed by atoms with Crippen LogP contribution < -0.4 is 5.32 Å². The van der Waals surface area contributed by atoms with E-state index in [1.807, 2.05) is 74.5 Å². The maximum atomic E-state index is 11.9. The van der Waals surface area contributed by atoms with Crippen molar-refractivity contribution in [3.63, 3.8) is 0 Å². The number of hydrogen-bond acceptors (Lipinski definition) is 4. The van der Waals surface area contributed by atoms with Gasteiger partial charge in [0.1, 0.15) is 6.07 Å². The average Bonchev–Trinajstić information content (AvgIpc) is 2.83. The summed E-state index contributed by atoms with van der Waals surface area (Å²) in [5.41, 5.74) is 6.87. The Balaban J connectivity index is 1.88. The minimum atomic E-state index is -0.948. The highest BCUT2D eigenvalue weighted by Gasteiger charge is 2.28. The minimum Gasteiger partial charge on any atom is -0.394 e. The number of carbonyl (C=O) groups excluding carboxylic acids is 1. The topological polar surface area (TPSA) is 73.1 Å². The molecule has 0 spiro atoms. The van der Waals surface area contributed by atoms with Crippen LogP contribution in [0.15, 0.2) is 60.7 Å². The summed E-state index contributed by atoms with van der Waals surface area (Å²) >= 11 is 0. The molecule has 4 heteroatoms. The van der Waals surface area contributed by atoms with Crippen molar-refractivity contribution in [2.45, 2.75) is 39.8 Å². The van der Waals surface area contributed by atoms with Gasteiger partial charge in [-0.25, -0.2) is 0 Å². The molecule has 0 amide bonds. The van der Waals surface area contributed by atoms with Crippen molar-refractivity contribution in [2.24, 2.45) is 0 Å². The van der Waals surface area contributed by atoms with Crippen molar-refractivity contribution in [3.05, 3.63) is 94.0 Å². The van der Waals surface area contributed by atoms with Crippen LogP contribution in [0.2, 0.25) is 0 Å². The van der Waals surface area contributed by atoms with Crippen LogP contribution in [0.5, 0.6) is 0 Å². The molecule has 0 saturated carbocycles. The fourth-order valence-electron chi connectivity index (χ4n) is 3.72. The summed E-state index contributed by atoms with van der Waals surface area (Å²) in [7, 11) is 0. The molecule has 2 N–H and O–H groups in total. The average molecular weight is 439 g/mol. The molecule has 168 valence electrons. The van der Waals surface area contributed by atoms with E-state index in [-0.39, 0.29) is 12.4 Å². The number of aliphatic hydroxyl groups is 1. The van der Waals surface area contributed by atoms with Crippen molar-refractivity contribution in [1.82, 2.24) is 5.32 Å². The van der Waals surface area contributed by atoms with Crippen LogP contribution in [0.4, 0.5) is 0 Å². The SMILES string of the molecule is CC(=O)[C@](C)(CO)NCc1cc(C)c(/C=C/c2cccc(-c3ccccc3)c2C#N)cc1C. The van der Waals surface area contributed by atoms with Gasteiger partial charge in [-0.1, -0.05) is 72.8 Å². The van der Waals surface area contributed by atoms with E-state index in [1.165, 1.54) is 6.92 Å². The van der Waals surface area contributed by atoms with Crippen LogP contribution in [-0.2, 0) is 11.3 Å². The van der Waals surface area contributed by atoms with Crippen LogP contribution in [0.25, 0.3) is 23.3 Å². The molecule has 1 atom stereocenters. The summed E-state index contributed by atoms with van der Waals surface area (Å²) < 4.78 is 0. The number of nitriles is 1. The predicted octanol–water partition coefficient (Wildman–Crippen LogP) is 5.44. The Bertz CT molecular complexity index is 1220. The Morgan fingerprint density at radius 1 is 1.03 bits per heavy atom. The zero-order valence-corrected chi connectivity index (χ0v) is 19.6. The van der Waals surface area contributed by atoms with Gasteiger partial charge in [0.2, 0.25) is 0 Å². The Labute approximate surface area is 196 Å². The Hall–Kier alpha value is -3.52. The number of Topliss-reactive ketones (excluding diaryl/α,β-unsaturated/α-hetero) is 1. The molecule has 0 aromatic heterocycles. The van der Waals surface area contributed by atoms with Crippen LogP contribution in [0.1, 0.15) is 47.2 Å². The van der Waals surface area contributed by atoms with Crippen molar-refractivity contribution in [3.8, 4) is 17.2 Å². The van der Waals surface area contributed by atoms with Crippen LogP contribution in [-0.4, -0.2) is 23.0 Å². The third-order valence-electron chi connectivity index (χ3n) is 6.22. The van der Waals surface area contributed by atoms with Gasteiger partial charge in [0, 0.05) is 12.1 Å². The Morgan fingerprint density at radius 2 is 1.73 bits per heavy atom. The zero-order chi connectivity index (χ0) is 24.0. The molecule has 0 radical (unpaired) electrons. The lowest BCUT2D eigenvalue weighted by Gasteiger charge is -2.26. The molecule has 3 aromatic rings. The Morgan fingerprint density at radius 3 is 2.36 bits per heavy atom. The molecule has 0 aliphatic heterocycles. The van der Waals surface area contributed by atoms with Crippen LogP contribution >= 0.6 is 0 Å². The highest BCUT2D eigenvalue weighted by molar-refractivity contribution is 5.85. The molecule has 33 heavy (non-hydrogen) atoms. The first-order valence-electron chi connectivity index (χ1n) is 11.0. The molecule has 0 heterocycles. The number of nitrogens with one attached hydrogen (secondary N) is 1. The van der Waals surface area contributed by atoms with Gasteiger partial charge >= 0.3 is 0 Å². The second kappa shape index (κ2) is 10.4. The molecule has 0 saturated heterocycles. The van der Waals surface area contributed by atoms with Gasteiger partial charge < -0.3 is 5.11 Å². The maximum Gasteiger partial charge on any atom is 0.151 e. The van der Waals surface area contributed by atoms with E-state index in [4.69, 9.17) is 0 Å². The summed E-state index contributed by atoms with van der Waals surface area (Å²) in [4.78, 5) is 11.9. The number of aryl methyl sites for hydroxylation is 2. The zero-order valence-electron chi connectivity index (χ0n) is 19.6. The summed E-state index contributed by atoms with van der Waals surface area (Å²) in [5, 5.41) is 22.6. The number of ketones is 1. The first-order valence-corrected chi connectivity index (χ1v) is 11.0. The molecular formula is C29H30N2O2. The normalized spacial score (nSPS) is 13.0. The lowest BCUT2D eigenvalue weighted by molar-refractivity contribution is -0.124. The number of benzene rings is 3. The van der Waals surface area contributed by atoms with Gasteiger partial charge in [-0.15, -0.1) is 0 Å². The highest BCUT2D eigenvalue weighted by atomic mass is 16.3. The lowest BCUT2D eigenvalue weighted by Crippen LogP contribution is -2.51. The second-order valence-corrected chi connectivity index (χ2v) is 8.62. The second-order valence-electron chi connectivity index (χ2n) is 8.62. The van der Waals surface area contributed by atoms with Gasteiger partial charge in [0.15, 0.2) is 5.78 Å². The molecule has 0 aliphatic carbocycles. The number of carbonyl (C=O) groups is 1. The molecule has 0 bridgehead atoms.